The lowest BCUT2D eigenvalue weighted by atomic mass is 9.48. The number of amides is 3. The number of alkyl carbamates (subject to hydrolysis) is 1. The van der Waals surface area contributed by atoms with Gasteiger partial charge < -0.3 is 25.4 Å². The first kappa shape index (κ1) is 19.3. The third kappa shape index (κ3) is 3.53. The Hall–Kier alpha value is -1.99. The monoisotopic (exact) mass is 393 g/mol. The highest BCUT2D eigenvalue weighted by Crippen LogP contribution is 2.60. The van der Waals surface area contributed by atoms with Crippen molar-refractivity contribution < 1.29 is 23.9 Å². The number of nitrogens with zero attached hydrogens (tertiary/aromatic N) is 1. The molecule has 156 valence electrons. The van der Waals surface area contributed by atoms with Gasteiger partial charge in [-0.1, -0.05) is 0 Å². The van der Waals surface area contributed by atoms with Crippen molar-refractivity contribution in [2.45, 2.75) is 70.6 Å². The summed E-state index contributed by atoms with van der Waals surface area (Å²) in [5, 5.41) is 2.81. The second-order valence-electron chi connectivity index (χ2n) is 9.49. The molecule has 8 nitrogen and oxygen atoms in total. The zero-order chi connectivity index (χ0) is 20.1. The normalized spacial score (nSPS) is 38.5. The van der Waals surface area contributed by atoms with Crippen LogP contribution >= 0.6 is 0 Å². The van der Waals surface area contributed by atoms with Crippen LogP contribution in [0, 0.1) is 23.2 Å². The van der Waals surface area contributed by atoms with E-state index >= 15 is 0 Å². The smallest absolute Gasteiger partial charge is 0.410 e. The Morgan fingerprint density at radius 3 is 2.43 bits per heavy atom. The quantitative estimate of drug-likeness (QED) is 0.759. The summed E-state index contributed by atoms with van der Waals surface area (Å²) in [6.45, 7) is 4.58. The lowest BCUT2D eigenvalue weighted by molar-refractivity contribution is -0.161. The fourth-order valence-corrected chi connectivity index (χ4v) is 6.12. The molecule has 1 saturated heterocycles. The Labute approximate surface area is 165 Å². The van der Waals surface area contributed by atoms with Crippen LogP contribution in [0.2, 0.25) is 0 Å². The maximum atomic E-state index is 12.7. The summed E-state index contributed by atoms with van der Waals surface area (Å²) in [5.74, 6) is 0.825. The minimum atomic E-state index is -0.451. The van der Waals surface area contributed by atoms with Gasteiger partial charge in [0.2, 0.25) is 5.91 Å². The summed E-state index contributed by atoms with van der Waals surface area (Å²) >= 11 is 0. The predicted octanol–water partition coefficient (Wildman–Crippen LogP) is 2.01. The lowest BCUT2D eigenvalue weighted by Crippen LogP contribution is -2.59. The van der Waals surface area contributed by atoms with Gasteiger partial charge in [0.15, 0.2) is 0 Å². The Balaban J connectivity index is 1.32. The molecule has 28 heavy (non-hydrogen) atoms. The number of primary amides is 1. The van der Waals surface area contributed by atoms with E-state index in [1.54, 1.807) is 18.7 Å². The van der Waals surface area contributed by atoms with Crippen molar-refractivity contribution in [3.05, 3.63) is 0 Å². The number of rotatable bonds is 4. The summed E-state index contributed by atoms with van der Waals surface area (Å²) in [6, 6.07) is -0.115. The lowest BCUT2D eigenvalue weighted by Gasteiger charge is -2.58. The first-order chi connectivity index (χ1) is 13.3. The minimum Gasteiger partial charge on any atom is -0.447 e. The van der Waals surface area contributed by atoms with Crippen molar-refractivity contribution in [3.8, 4) is 0 Å². The van der Waals surface area contributed by atoms with Crippen LogP contribution in [0.3, 0.4) is 0 Å². The molecule has 5 fully saturated rings. The number of carbonyl (C=O) groups excluding carboxylic acids is 3. The highest BCUT2D eigenvalue weighted by atomic mass is 16.6. The van der Waals surface area contributed by atoms with Crippen LogP contribution < -0.4 is 11.1 Å². The third-order valence-electron chi connectivity index (χ3n) is 7.06. The maximum absolute atomic E-state index is 12.7. The van der Waals surface area contributed by atoms with Crippen molar-refractivity contribution in [3.63, 3.8) is 0 Å². The highest BCUT2D eigenvalue weighted by molar-refractivity contribution is 5.81. The Morgan fingerprint density at radius 2 is 1.82 bits per heavy atom. The summed E-state index contributed by atoms with van der Waals surface area (Å²) < 4.78 is 11.0. The van der Waals surface area contributed by atoms with Crippen molar-refractivity contribution in [2.24, 2.45) is 28.9 Å². The van der Waals surface area contributed by atoms with Crippen molar-refractivity contribution in [1.29, 1.82) is 0 Å². The molecule has 3 unspecified atom stereocenters. The zero-order valence-corrected chi connectivity index (χ0v) is 16.7. The van der Waals surface area contributed by atoms with Crippen molar-refractivity contribution in [1.82, 2.24) is 10.2 Å². The zero-order valence-electron chi connectivity index (χ0n) is 16.7. The molecular weight excluding hydrogens is 362 g/mol. The van der Waals surface area contributed by atoms with Crippen LogP contribution in [0.15, 0.2) is 0 Å². The van der Waals surface area contributed by atoms with E-state index in [0.29, 0.717) is 25.4 Å². The number of nitrogens with two attached hydrogens (primary N) is 1. The van der Waals surface area contributed by atoms with E-state index in [1.807, 2.05) is 0 Å². The number of hydrogen-bond donors (Lipinski definition) is 2. The van der Waals surface area contributed by atoms with Gasteiger partial charge in [0.25, 0.3) is 0 Å². The summed E-state index contributed by atoms with van der Waals surface area (Å²) in [5.41, 5.74) is 5.35. The summed E-state index contributed by atoms with van der Waals surface area (Å²) in [6.07, 6.45) is 4.08. The molecule has 0 spiro atoms. The molecule has 0 aromatic rings. The van der Waals surface area contributed by atoms with Crippen LogP contribution in [0.25, 0.3) is 0 Å². The first-order valence-corrected chi connectivity index (χ1v) is 10.5. The number of ether oxygens (including phenoxy) is 2. The molecule has 4 bridgehead atoms. The first-order valence-electron chi connectivity index (χ1n) is 10.5. The molecular formula is C20H31N3O5. The van der Waals surface area contributed by atoms with Crippen molar-refractivity contribution >= 4 is 18.1 Å². The van der Waals surface area contributed by atoms with Crippen LogP contribution in [0.5, 0.6) is 0 Å². The van der Waals surface area contributed by atoms with Crippen molar-refractivity contribution in [2.75, 3.05) is 13.1 Å². The average Bonchev–Trinajstić information content (AvgIpc) is 3.05. The summed E-state index contributed by atoms with van der Waals surface area (Å²) in [4.78, 5) is 38.2. The number of likely N-dealkylation sites (tertiary alicyclic amines) is 1. The van der Waals surface area contributed by atoms with Gasteiger partial charge in [0.05, 0.1) is 17.6 Å². The number of hydrogen-bond acceptors (Lipinski definition) is 5. The van der Waals surface area contributed by atoms with Gasteiger partial charge in [-0.05, 0) is 70.1 Å². The van der Waals surface area contributed by atoms with Crippen LogP contribution in [-0.2, 0) is 14.3 Å². The Morgan fingerprint density at radius 1 is 1.14 bits per heavy atom. The largest absolute Gasteiger partial charge is 0.447 e. The number of nitrogens with one attached hydrogen (secondary N) is 1. The average molecular weight is 393 g/mol. The molecule has 0 aromatic carbocycles. The molecule has 1 aliphatic heterocycles. The Kier molecular flexibility index (Phi) is 4.91. The van der Waals surface area contributed by atoms with Gasteiger partial charge in [-0.2, -0.15) is 0 Å². The van der Waals surface area contributed by atoms with E-state index in [0.717, 1.165) is 32.1 Å². The molecule has 0 radical (unpaired) electrons. The standard InChI is InChI=1S/C20H31N3O5/c1-11(2)27-18(25)22-15-3-4-23(10-15)19(26)28-16-13-5-12-6-14(16)9-20(7-12,8-13)17(21)24/h11-16H,3-10H2,1-2H3,(H2,21,24)(H,22,25)/t12?,13-,14?,15+,16?,20-/m0/s1. The van der Waals surface area contributed by atoms with Gasteiger partial charge in [-0.15, -0.1) is 0 Å². The van der Waals surface area contributed by atoms with E-state index in [2.05, 4.69) is 5.32 Å². The molecule has 5 rings (SSSR count). The SMILES string of the molecule is CC(C)OC(=O)N[C@@H]1CCN(C(=O)OC2C3CC4C[C@H]2C[C@@](C(N)=O)(C4)C3)C1. The van der Waals surface area contributed by atoms with E-state index in [4.69, 9.17) is 15.2 Å². The van der Waals surface area contributed by atoms with E-state index in [-0.39, 0.29) is 47.5 Å². The fraction of sp³-hybridized carbons (Fsp3) is 0.850. The molecule has 6 atom stereocenters. The number of carbonyl (C=O) groups is 3. The van der Waals surface area contributed by atoms with Gasteiger partial charge in [-0.25, -0.2) is 9.59 Å². The predicted molar refractivity (Wildman–Crippen MR) is 100 cm³/mol. The van der Waals surface area contributed by atoms with Crippen LogP contribution in [-0.4, -0.2) is 54.3 Å². The van der Waals surface area contributed by atoms with E-state index in [9.17, 15) is 14.4 Å². The maximum Gasteiger partial charge on any atom is 0.410 e. The second kappa shape index (κ2) is 7.12. The molecule has 1 heterocycles. The molecule has 3 amide bonds. The van der Waals surface area contributed by atoms with Gasteiger partial charge in [-0.3, -0.25) is 4.79 Å². The second-order valence-corrected chi connectivity index (χ2v) is 9.49. The Bertz CT molecular complexity index is 650. The van der Waals surface area contributed by atoms with E-state index in [1.165, 1.54) is 0 Å². The van der Waals surface area contributed by atoms with Gasteiger partial charge in [0.1, 0.15) is 6.10 Å². The van der Waals surface area contributed by atoms with Gasteiger partial charge in [0, 0.05) is 13.1 Å². The molecule has 4 saturated carbocycles. The highest BCUT2D eigenvalue weighted by Gasteiger charge is 2.59. The summed E-state index contributed by atoms with van der Waals surface area (Å²) in [7, 11) is 0. The molecule has 8 heteroatoms. The molecule has 0 aromatic heterocycles. The topological polar surface area (TPSA) is 111 Å². The molecule has 5 aliphatic rings. The molecule has 4 aliphatic carbocycles. The fourth-order valence-electron chi connectivity index (χ4n) is 6.12. The van der Waals surface area contributed by atoms with Crippen LogP contribution in [0.4, 0.5) is 9.59 Å². The minimum absolute atomic E-state index is 0.115. The van der Waals surface area contributed by atoms with Crippen LogP contribution in [0.1, 0.15) is 52.4 Å². The van der Waals surface area contributed by atoms with E-state index < -0.39 is 6.09 Å². The van der Waals surface area contributed by atoms with Gasteiger partial charge >= 0.3 is 12.2 Å². The third-order valence-corrected chi connectivity index (χ3v) is 7.06. The molecule has 3 N–H and O–H groups in total.